The van der Waals surface area contributed by atoms with Gasteiger partial charge in [-0.15, -0.1) is 0 Å². The van der Waals surface area contributed by atoms with E-state index in [0.29, 0.717) is 17.7 Å². The highest BCUT2D eigenvalue weighted by molar-refractivity contribution is 7.23. The molecule has 0 aliphatic carbocycles. The number of nitrogens with zero attached hydrogens (tertiary/aromatic N) is 3. The Labute approximate surface area is 202 Å². The molecule has 0 atom stereocenters. The van der Waals surface area contributed by atoms with Crippen LogP contribution in [0.2, 0.25) is 0 Å². The van der Waals surface area contributed by atoms with Crippen LogP contribution in [0.1, 0.15) is 53.8 Å². The van der Waals surface area contributed by atoms with Crippen molar-refractivity contribution in [1.29, 1.82) is 0 Å². The lowest BCUT2D eigenvalue weighted by Crippen LogP contribution is -2.24. The van der Waals surface area contributed by atoms with Crippen LogP contribution in [0.4, 0.5) is 4.39 Å². The van der Waals surface area contributed by atoms with E-state index in [9.17, 15) is 14.0 Å². The number of aromatic nitrogens is 2. The van der Waals surface area contributed by atoms with Gasteiger partial charge in [0.15, 0.2) is 10.7 Å². The maximum absolute atomic E-state index is 14.4. The van der Waals surface area contributed by atoms with Crippen LogP contribution in [0.5, 0.6) is 0 Å². The first-order valence-electron chi connectivity index (χ1n) is 11.6. The highest BCUT2D eigenvalue weighted by atomic mass is 32.1. The van der Waals surface area contributed by atoms with Crippen molar-refractivity contribution in [3.63, 3.8) is 0 Å². The largest absolute Gasteiger partial charge is 0.355 e. The first-order chi connectivity index (χ1) is 16.4. The van der Waals surface area contributed by atoms with Crippen molar-refractivity contribution in [3.8, 4) is 11.3 Å². The minimum atomic E-state index is -0.585. The third-order valence-corrected chi connectivity index (χ3v) is 7.19. The third kappa shape index (κ3) is 4.88. The van der Waals surface area contributed by atoms with Crippen LogP contribution in [0.25, 0.3) is 26.4 Å². The number of benzene rings is 2. The zero-order valence-corrected chi connectivity index (χ0v) is 20.5. The Morgan fingerprint density at radius 3 is 2.62 bits per heavy atom. The number of carbonyl (C=O) groups is 2. The van der Waals surface area contributed by atoms with Crippen molar-refractivity contribution in [2.24, 2.45) is 0 Å². The molecular formula is C26H29FN4O2S. The zero-order valence-electron chi connectivity index (χ0n) is 19.7. The number of carbonyl (C=O) groups excluding carboxylic acids is 2. The van der Waals surface area contributed by atoms with Gasteiger partial charge < -0.3 is 10.2 Å². The molecule has 4 aromatic rings. The minimum absolute atomic E-state index is 0.00275. The molecule has 0 unspecified atom stereocenters. The molecule has 0 aliphatic heterocycles. The lowest BCUT2D eigenvalue weighted by atomic mass is 10.1. The summed E-state index contributed by atoms with van der Waals surface area (Å²) in [4.78, 5) is 32.2. The van der Waals surface area contributed by atoms with Crippen LogP contribution in [0.3, 0.4) is 0 Å². The van der Waals surface area contributed by atoms with Gasteiger partial charge in [0.2, 0.25) is 0 Å². The molecule has 1 N–H and O–H groups in total. The summed E-state index contributed by atoms with van der Waals surface area (Å²) in [6.07, 6.45) is 4.32. The fourth-order valence-electron chi connectivity index (χ4n) is 4.11. The van der Waals surface area contributed by atoms with Crippen molar-refractivity contribution < 1.29 is 14.0 Å². The molecular weight excluding hydrogens is 451 g/mol. The number of nitrogens with one attached hydrogen (secondary N) is 1. The first kappa shape index (κ1) is 24.0. The standard InChI is InChI=1S/C26H29FN4O2S/c1-4-30(5-2)13-7-6-8-23(32)18-10-12-22-24(15-18)34-26-29-21(16-31(22)26)17-9-11-19(20(27)14-17)25(33)28-3/h9-12,14-16H,4-8,13H2,1-3H3,(H,28,33). The van der Waals surface area contributed by atoms with Gasteiger partial charge in [0.25, 0.3) is 5.91 Å². The van der Waals surface area contributed by atoms with Gasteiger partial charge in [0, 0.05) is 30.8 Å². The maximum Gasteiger partial charge on any atom is 0.253 e. The van der Waals surface area contributed by atoms with E-state index >= 15 is 0 Å². The van der Waals surface area contributed by atoms with Crippen molar-refractivity contribution in [3.05, 3.63) is 59.5 Å². The normalized spacial score (nSPS) is 11.6. The van der Waals surface area contributed by atoms with E-state index < -0.39 is 11.7 Å². The van der Waals surface area contributed by atoms with E-state index in [0.717, 1.165) is 53.2 Å². The fourth-order valence-corrected chi connectivity index (χ4v) is 5.16. The molecule has 6 nitrogen and oxygen atoms in total. The van der Waals surface area contributed by atoms with Gasteiger partial charge >= 0.3 is 0 Å². The van der Waals surface area contributed by atoms with Crippen molar-refractivity contribution >= 4 is 38.2 Å². The molecule has 0 saturated heterocycles. The summed E-state index contributed by atoms with van der Waals surface area (Å²) in [7, 11) is 1.47. The summed E-state index contributed by atoms with van der Waals surface area (Å²) < 4.78 is 17.3. The number of amides is 1. The number of hydrogen-bond acceptors (Lipinski definition) is 5. The zero-order chi connectivity index (χ0) is 24.2. The van der Waals surface area contributed by atoms with Crippen LogP contribution < -0.4 is 5.32 Å². The molecule has 0 spiro atoms. The molecule has 34 heavy (non-hydrogen) atoms. The van der Waals surface area contributed by atoms with Crippen LogP contribution in [0, 0.1) is 5.82 Å². The summed E-state index contributed by atoms with van der Waals surface area (Å²) in [5.41, 5.74) is 2.92. The molecule has 0 saturated carbocycles. The van der Waals surface area contributed by atoms with Crippen LogP contribution in [0.15, 0.2) is 42.6 Å². The average Bonchev–Trinajstić information content (AvgIpc) is 3.41. The Bertz CT molecular complexity index is 1340. The number of imidazole rings is 1. The number of halogens is 1. The molecule has 178 valence electrons. The minimum Gasteiger partial charge on any atom is -0.355 e. The second-order valence-corrected chi connectivity index (χ2v) is 9.25. The lowest BCUT2D eigenvalue weighted by Gasteiger charge is -2.17. The van der Waals surface area contributed by atoms with Gasteiger partial charge in [0.05, 0.1) is 21.5 Å². The summed E-state index contributed by atoms with van der Waals surface area (Å²) in [5.74, 6) is -0.881. The number of ketones is 1. The lowest BCUT2D eigenvalue weighted by molar-refractivity contribution is 0.0956. The molecule has 2 heterocycles. The summed E-state index contributed by atoms with van der Waals surface area (Å²) in [5, 5.41) is 2.43. The van der Waals surface area contributed by atoms with Gasteiger partial charge in [-0.3, -0.25) is 14.0 Å². The van der Waals surface area contributed by atoms with Crippen molar-refractivity contribution in [2.75, 3.05) is 26.7 Å². The van der Waals surface area contributed by atoms with Crippen LogP contribution >= 0.6 is 11.3 Å². The maximum atomic E-state index is 14.4. The first-order valence-corrected chi connectivity index (χ1v) is 12.5. The molecule has 4 rings (SSSR count). The fraction of sp³-hybridized carbons (Fsp3) is 0.346. The summed E-state index contributed by atoms with van der Waals surface area (Å²) >= 11 is 1.50. The SMILES string of the molecule is CCN(CC)CCCCC(=O)c1ccc2c(c1)sc1nc(-c3ccc(C(=O)NC)c(F)c3)cn12. The predicted molar refractivity (Wildman–Crippen MR) is 135 cm³/mol. The Morgan fingerprint density at radius 2 is 1.91 bits per heavy atom. The Balaban J connectivity index is 1.50. The summed E-state index contributed by atoms with van der Waals surface area (Å²) in [6.45, 7) is 7.43. The predicted octanol–water partition coefficient (Wildman–Crippen LogP) is 5.41. The molecule has 0 radical (unpaired) electrons. The monoisotopic (exact) mass is 480 g/mol. The smallest absolute Gasteiger partial charge is 0.253 e. The molecule has 2 aromatic carbocycles. The number of fused-ring (bicyclic) bond motifs is 3. The number of unbranched alkanes of at least 4 members (excludes halogenated alkanes) is 1. The van der Waals surface area contributed by atoms with E-state index in [1.807, 2.05) is 28.8 Å². The van der Waals surface area contributed by atoms with E-state index in [1.165, 1.54) is 30.5 Å². The van der Waals surface area contributed by atoms with Gasteiger partial charge in [-0.05, 0) is 62.8 Å². The average molecular weight is 481 g/mol. The number of thiazole rings is 1. The number of hydrogen-bond donors (Lipinski definition) is 1. The second kappa shape index (κ2) is 10.4. The Morgan fingerprint density at radius 1 is 1.12 bits per heavy atom. The quantitative estimate of drug-likeness (QED) is 0.243. The van der Waals surface area contributed by atoms with Gasteiger partial charge in [-0.25, -0.2) is 9.37 Å². The Kier molecular flexibility index (Phi) is 7.38. The van der Waals surface area contributed by atoms with Crippen LogP contribution in [-0.4, -0.2) is 52.7 Å². The highest BCUT2D eigenvalue weighted by Gasteiger charge is 2.16. The third-order valence-electron chi connectivity index (χ3n) is 6.18. The number of rotatable bonds is 10. The molecule has 2 aromatic heterocycles. The van der Waals surface area contributed by atoms with E-state index in [4.69, 9.17) is 0 Å². The van der Waals surface area contributed by atoms with Crippen LogP contribution in [-0.2, 0) is 0 Å². The molecule has 0 bridgehead atoms. The highest BCUT2D eigenvalue weighted by Crippen LogP contribution is 2.31. The Hall–Kier alpha value is -3.10. The van der Waals surface area contributed by atoms with Crippen molar-refractivity contribution in [1.82, 2.24) is 19.6 Å². The van der Waals surface area contributed by atoms with Gasteiger partial charge in [-0.1, -0.05) is 31.3 Å². The molecule has 8 heteroatoms. The molecule has 0 aliphatic rings. The van der Waals surface area contributed by atoms with E-state index in [-0.39, 0.29) is 11.3 Å². The molecule has 1 amide bonds. The van der Waals surface area contributed by atoms with Crippen molar-refractivity contribution in [2.45, 2.75) is 33.1 Å². The number of Topliss-reactive ketones (excluding diaryl/α,β-unsaturated/α-hetero) is 1. The summed E-state index contributed by atoms with van der Waals surface area (Å²) in [6, 6.07) is 10.3. The van der Waals surface area contributed by atoms with E-state index in [2.05, 4.69) is 29.0 Å². The van der Waals surface area contributed by atoms with Gasteiger partial charge in [0.1, 0.15) is 5.82 Å². The molecule has 0 fully saturated rings. The van der Waals surface area contributed by atoms with Gasteiger partial charge in [-0.2, -0.15) is 0 Å². The topological polar surface area (TPSA) is 66.7 Å². The second-order valence-electron chi connectivity index (χ2n) is 8.24. The van der Waals surface area contributed by atoms with E-state index in [1.54, 1.807) is 6.07 Å².